The van der Waals surface area contributed by atoms with Gasteiger partial charge in [-0.1, -0.05) is 39.3 Å². The van der Waals surface area contributed by atoms with Crippen LogP contribution in [0.25, 0.3) is 11.4 Å². The Balaban J connectivity index is 1.80. The summed E-state index contributed by atoms with van der Waals surface area (Å²) in [4.78, 5) is 4.26. The van der Waals surface area contributed by atoms with Gasteiger partial charge < -0.3 is 0 Å². The monoisotopic (exact) mass is 314 g/mol. The molecule has 5 heteroatoms. The largest absolute Gasteiger partial charge is 0.254 e. The van der Waals surface area contributed by atoms with Crippen LogP contribution in [0.2, 0.25) is 0 Å². The summed E-state index contributed by atoms with van der Waals surface area (Å²) in [5.74, 6) is 0. The summed E-state index contributed by atoms with van der Waals surface area (Å²) in [6, 6.07) is 13.9. The summed E-state index contributed by atoms with van der Waals surface area (Å²) < 4.78 is 2.89. The number of aromatic nitrogens is 4. The molecule has 94 valence electrons. The molecule has 0 N–H and O–H groups in total. The molecular formula is C14H11BrN4. The van der Waals surface area contributed by atoms with E-state index in [-0.39, 0.29) is 0 Å². The van der Waals surface area contributed by atoms with Crippen molar-refractivity contribution in [3.63, 3.8) is 0 Å². The van der Waals surface area contributed by atoms with Crippen LogP contribution in [0.15, 0.2) is 59.3 Å². The molecule has 3 aromatic rings. The fraction of sp³-hybridized carbons (Fsp3) is 0.0714. The average Bonchev–Trinajstić information content (AvgIpc) is 2.91. The highest BCUT2D eigenvalue weighted by Gasteiger charge is 2.04. The molecular weight excluding hydrogens is 304 g/mol. The minimum Gasteiger partial charge on any atom is -0.254 e. The molecule has 0 spiro atoms. The summed E-state index contributed by atoms with van der Waals surface area (Å²) >= 11 is 3.42. The Morgan fingerprint density at radius 3 is 2.58 bits per heavy atom. The molecule has 2 aromatic heterocycles. The van der Waals surface area contributed by atoms with Crippen molar-refractivity contribution in [1.82, 2.24) is 20.0 Å². The van der Waals surface area contributed by atoms with Crippen molar-refractivity contribution in [3.8, 4) is 11.4 Å². The van der Waals surface area contributed by atoms with Gasteiger partial charge in [0.05, 0.1) is 18.4 Å². The van der Waals surface area contributed by atoms with Crippen molar-refractivity contribution in [2.75, 3.05) is 0 Å². The van der Waals surface area contributed by atoms with Crippen LogP contribution in [-0.4, -0.2) is 20.0 Å². The number of hydrogen-bond donors (Lipinski definition) is 0. The van der Waals surface area contributed by atoms with E-state index in [1.165, 1.54) is 5.56 Å². The van der Waals surface area contributed by atoms with Crippen molar-refractivity contribution in [2.45, 2.75) is 6.54 Å². The van der Waals surface area contributed by atoms with Gasteiger partial charge in [0.15, 0.2) is 0 Å². The summed E-state index contributed by atoms with van der Waals surface area (Å²) in [7, 11) is 0. The molecule has 0 fully saturated rings. The number of hydrogen-bond acceptors (Lipinski definition) is 3. The van der Waals surface area contributed by atoms with E-state index in [1.54, 1.807) is 6.20 Å². The first-order valence-electron chi connectivity index (χ1n) is 5.87. The first kappa shape index (κ1) is 12.0. The van der Waals surface area contributed by atoms with E-state index in [1.807, 2.05) is 41.2 Å². The zero-order valence-electron chi connectivity index (χ0n) is 10.1. The van der Waals surface area contributed by atoms with E-state index in [0.717, 1.165) is 15.9 Å². The Bertz CT molecular complexity index is 661. The van der Waals surface area contributed by atoms with Crippen LogP contribution in [0.5, 0.6) is 0 Å². The van der Waals surface area contributed by atoms with Crippen LogP contribution in [0, 0.1) is 0 Å². The number of pyridine rings is 1. The third-order valence-corrected chi connectivity index (χ3v) is 3.25. The van der Waals surface area contributed by atoms with Crippen LogP contribution < -0.4 is 0 Å². The Morgan fingerprint density at radius 2 is 1.84 bits per heavy atom. The molecule has 19 heavy (non-hydrogen) atoms. The van der Waals surface area contributed by atoms with Gasteiger partial charge in [0.25, 0.3) is 0 Å². The van der Waals surface area contributed by atoms with E-state index in [9.17, 15) is 0 Å². The molecule has 0 aliphatic rings. The molecule has 0 unspecified atom stereocenters. The maximum absolute atomic E-state index is 4.26. The van der Waals surface area contributed by atoms with Crippen molar-refractivity contribution in [3.05, 3.63) is 64.9 Å². The minimum absolute atomic E-state index is 0.702. The fourth-order valence-corrected chi connectivity index (χ4v) is 2.05. The number of halogens is 1. The summed E-state index contributed by atoms with van der Waals surface area (Å²) in [6.45, 7) is 0.702. The van der Waals surface area contributed by atoms with Gasteiger partial charge in [-0.15, -0.1) is 5.10 Å². The highest BCUT2D eigenvalue weighted by Crippen LogP contribution is 2.14. The molecule has 2 heterocycles. The third-order valence-electron chi connectivity index (χ3n) is 2.72. The van der Waals surface area contributed by atoms with Crippen molar-refractivity contribution >= 4 is 15.9 Å². The van der Waals surface area contributed by atoms with Gasteiger partial charge in [-0.05, 0) is 29.8 Å². The van der Waals surface area contributed by atoms with Crippen LogP contribution in [0.1, 0.15) is 5.56 Å². The molecule has 0 amide bonds. The zero-order chi connectivity index (χ0) is 13.1. The van der Waals surface area contributed by atoms with E-state index < -0.39 is 0 Å². The van der Waals surface area contributed by atoms with Gasteiger partial charge in [-0.25, -0.2) is 4.68 Å². The number of nitrogens with zero attached hydrogens (tertiary/aromatic N) is 4. The molecule has 0 aliphatic carbocycles. The lowest BCUT2D eigenvalue weighted by Gasteiger charge is -2.00. The Kier molecular flexibility index (Phi) is 3.37. The first-order chi connectivity index (χ1) is 9.31. The highest BCUT2D eigenvalue weighted by atomic mass is 79.9. The second-order valence-corrected chi connectivity index (χ2v) is 5.06. The lowest BCUT2D eigenvalue weighted by atomic mass is 10.2. The van der Waals surface area contributed by atoms with Crippen molar-refractivity contribution < 1.29 is 0 Å². The van der Waals surface area contributed by atoms with Crippen LogP contribution in [0.4, 0.5) is 0 Å². The van der Waals surface area contributed by atoms with Gasteiger partial charge in [0.2, 0.25) is 0 Å². The number of rotatable bonds is 3. The van der Waals surface area contributed by atoms with Crippen LogP contribution >= 0.6 is 15.9 Å². The van der Waals surface area contributed by atoms with Gasteiger partial charge in [-0.3, -0.25) is 4.98 Å². The van der Waals surface area contributed by atoms with Gasteiger partial charge >= 0.3 is 0 Å². The quantitative estimate of drug-likeness (QED) is 0.746. The molecule has 0 atom stereocenters. The summed E-state index contributed by atoms with van der Waals surface area (Å²) in [5, 5.41) is 8.27. The molecule has 0 saturated heterocycles. The highest BCUT2D eigenvalue weighted by molar-refractivity contribution is 9.10. The molecule has 0 aliphatic heterocycles. The molecule has 3 rings (SSSR count). The molecule has 0 bridgehead atoms. The molecule has 0 saturated carbocycles. The van der Waals surface area contributed by atoms with Gasteiger partial charge in [0.1, 0.15) is 5.69 Å². The average molecular weight is 315 g/mol. The minimum atomic E-state index is 0.702. The van der Waals surface area contributed by atoms with E-state index >= 15 is 0 Å². The predicted molar refractivity (Wildman–Crippen MR) is 76.5 cm³/mol. The molecule has 4 nitrogen and oxygen atoms in total. The fourth-order valence-electron chi connectivity index (χ4n) is 1.78. The van der Waals surface area contributed by atoms with Crippen molar-refractivity contribution in [2.24, 2.45) is 0 Å². The molecule has 0 radical (unpaired) electrons. The SMILES string of the molecule is Brc1ccc(Cn2cc(-c3ccccn3)nn2)cc1. The second-order valence-electron chi connectivity index (χ2n) is 4.14. The number of benzene rings is 1. The Labute approximate surface area is 119 Å². The maximum Gasteiger partial charge on any atom is 0.131 e. The van der Waals surface area contributed by atoms with Crippen molar-refractivity contribution in [1.29, 1.82) is 0 Å². The van der Waals surface area contributed by atoms with Gasteiger partial charge in [0, 0.05) is 10.7 Å². The van der Waals surface area contributed by atoms with Crippen LogP contribution in [-0.2, 0) is 6.54 Å². The molecule has 1 aromatic carbocycles. The van der Waals surface area contributed by atoms with Crippen LogP contribution in [0.3, 0.4) is 0 Å². The zero-order valence-corrected chi connectivity index (χ0v) is 11.7. The van der Waals surface area contributed by atoms with Gasteiger partial charge in [-0.2, -0.15) is 0 Å². The lowest BCUT2D eigenvalue weighted by Crippen LogP contribution is -1.99. The van der Waals surface area contributed by atoms with E-state index in [4.69, 9.17) is 0 Å². The standard InChI is InChI=1S/C14H11BrN4/c15-12-6-4-11(5-7-12)9-19-10-14(17-18-19)13-3-1-2-8-16-13/h1-8,10H,9H2. The third kappa shape index (κ3) is 2.88. The Morgan fingerprint density at radius 1 is 1.00 bits per heavy atom. The van der Waals surface area contributed by atoms with E-state index in [2.05, 4.69) is 43.4 Å². The summed E-state index contributed by atoms with van der Waals surface area (Å²) in [5.41, 5.74) is 2.81. The maximum atomic E-state index is 4.26. The lowest BCUT2D eigenvalue weighted by molar-refractivity contribution is 0.649. The Hall–Kier alpha value is -2.01. The topological polar surface area (TPSA) is 43.6 Å². The first-order valence-corrected chi connectivity index (χ1v) is 6.66. The normalized spacial score (nSPS) is 10.6. The summed E-state index contributed by atoms with van der Waals surface area (Å²) in [6.07, 6.45) is 3.66. The predicted octanol–water partition coefficient (Wildman–Crippen LogP) is 3.15. The smallest absolute Gasteiger partial charge is 0.131 e. The van der Waals surface area contributed by atoms with E-state index in [0.29, 0.717) is 6.54 Å². The second kappa shape index (κ2) is 5.32.